The van der Waals surface area contributed by atoms with E-state index in [0.717, 1.165) is 0 Å². The normalized spacial score (nSPS) is 17.2. The molecule has 0 radical (unpaired) electrons. The van der Waals surface area contributed by atoms with Crippen molar-refractivity contribution in [2.75, 3.05) is 13.1 Å². The lowest BCUT2D eigenvalue weighted by Gasteiger charge is -2.32. The number of benzene rings is 1. The van der Waals surface area contributed by atoms with Crippen LogP contribution in [0.25, 0.3) is 0 Å². The predicted octanol–water partition coefficient (Wildman–Crippen LogP) is 2.50. The number of amides is 1. The van der Waals surface area contributed by atoms with Crippen LogP contribution in [0.4, 0.5) is 0 Å². The van der Waals surface area contributed by atoms with E-state index < -0.39 is 9.84 Å². The van der Waals surface area contributed by atoms with Crippen molar-refractivity contribution < 1.29 is 13.2 Å². The smallest absolute Gasteiger partial charge is 0.222 e. The second-order valence-corrected chi connectivity index (χ2v) is 8.26. The summed E-state index contributed by atoms with van der Waals surface area (Å²) in [5, 5.41) is -0.372. The van der Waals surface area contributed by atoms with Gasteiger partial charge in [0.25, 0.3) is 0 Å². The van der Waals surface area contributed by atoms with Crippen LogP contribution in [0.2, 0.25) is 0 Å². The Kier molecular flexibility index (Phi) is 5.04. The Hall–Kier alpha value is -1.36. The first-order chi connectivity index (χ1) is 9.91. The van der Waals surface area contributed by atoms with E-state index in [9.17, 15) is 13.2 Å². The van der Waals surface area contributed by atoms with Crippen LogP contribution in [0, 0.1) is 5.92 Å². The molecule has 0 bridgehead atoms. The van der Waals surface area contributed by atoms with Crippen molar-refractivity contribution in [3.8, 4) is 0 Å². The minimum atomic E-state index is -3.27. The van der Waals surface area contributed by atoms with Gasteiger partial charge >= 0.3 is 0 Å². The Balaban J connectivity index is 2.00. The maximum Gasteiger partial charge on any atom is 0.222 e. The fourth-order valence-electron chi connectivity index (χ4n) is 2.70. The molecule has 2 rings (SSSR count). The summed E-state index contributed by atoms with van der Waals surface area (Å²) < 4.78 is 25.1. The molecule has 5 heteroatoms. The molecule has 0 N–H and O–H groups in total. The summed E-state index contributed by atoms with van der Waals surface area (Å²) in [6.07, 6.45) is 1.60. The summed E-state index contributed by atoms with van der Waals surface area (Å²) in [5.41, 5.74) is 0. The molecule has 1 amide bonds. The summed E-state index contributed by atoms with van der Waals surface area (Å²) >= 11 is 0. The lowest BCUT2D eigenvalue weighted by Crippen LogP contribution is -2.42. The van der Waals surface area contributed by atoms with Gasteiger partial charge in [-0.25, -0.2) is 8.42 Å². The molecular formula is C16H23NO3S. The first-order valence-corrected chi connectivity index (χ1v) is 9.02. The van der Waals surface area contributed by atoms with Crippen LogP contribution in [0.15, 0.2) is 35.2 Å². The van der Waals surface area contributed by atoms with Crippen LogP contribution in [-0.2, 0) is 14.6 Å². The highest BCUT2D eigenvalue weighted by molar-refractivity contribution is 7.92. The molecule has 4 nitrogen and oxygen atoms in total. The number of nitrogens with zero attached hydrogens (tertiary/aromatic N) is 1. The van der Waals surface area contributed by atoms with E-state index in [1.54, 1.807) is 29.2 Å². The topological polar surface area (TPSA) is 54.5 Å². The number of piperidine rings is 1. The van der Waals surface area contributed by atoms with E-state index in [1.165, 1.54) is 0 Å². The molecule has 0 aromatic heterocycles. The van der Waals surface area contributed by atoms with E-state index >= 15 is 0 Å². The monoisotopic (exact) mass is 309 g/mol. The zero-order chi connectivity index (χ0) is 15.5. The van der Waals surface area contributed by atoms with Crippen LogP contribution in [-0.4, -0.2) is 37.6 Å². The molecule has 0 unspecified atom stereocenters. The highest BCUT2D eigenvalue weighted by atomic mass is 32.2. The van der Waals surface area contributed by atoms with Crippen molar-refractivity contribution >= 4 is 15.7 Å². The Morgan fingerprint density at radius 1 is 1.19 bits per heavy atom. The van der Waals surface area contributed by atoms with Crippen molar-refractivity contribution in [3.63, 3.8) is 0 Å². The van der Waals surface area contributed by atoms with E-state index in [4.69, 9.17) is 0 Å². The van der Waals surface area contributed by atoms with Crippen LogP contribution in [0.1, 0.15) is 33.1 Å². The second-order valence-electron chi connectivity index (χ2n) is 6.04. The largest absolute Gasteiger partial charge is 0.343 e. The van der Waals surface area contributed by atoms with Crippen LogP contribution < -0.4 is 0 Å². The SMILES string of the molecule is CC(C)CC(=O)N1CCC(S(=O)(=O)c2ccccc2)CC1. The number of rotatable bonds is 4. The minimum absolute atomic E-state index is 0.139. The first-order valence-electron chi connectivity index (χ1n) is 7.48. The van der Waals surface area contributed by atoms with Crippen molar-refractivity contribution in [1.82, 2.24) is 4.90 Å². The Bertz CT molecular complexity index is 573. The van der Waals surface area contributed by atoms with Crippen molar-refractivity contribution in [2.45, 2.75) is 43.3 Å². The van der Waals surface area contributed by atoms with Gasteiger partial charge in [-0.15, -0.1) is 0 Å². The van der Waals surface area contributed by atoms with Crippen molar-refractivity contribution in [1.29, 1.82) is 0 Å². The van der Waals surface area contributed by atoms with Gasteiger partial charge in [-0.2, -0.15) is 0 Å². The van der Waals surface area contributed by atoms with E-state index in [-0.39, 0.29) is 11.2 Å². The van der Waals surface area contributed by atoms with Gasteiger partial charge in [0.2, 0.25) is 5.91 Å². The number of likely N-dealkylation sites (tertiary alicyclic amines) is 1. The number of carbonyl (C=O) groups excluding carboxylic acids is 1. The fraction of sp³-hybridized carbons (Fsp3) is 0.562. The van der Waals surface area contributed by atoms with E-state index in [2.05, 4.69) is 0 Å². The maximum atomic E-state index is 12.5. The molecule has 1 aliphatic rings. The molecule has 1 saturated heterocycles. The molecule has 0 aliphatic carbocycles. The molecular weight excluding hydrogens is 286 g/mol. The molecule has 1 aromatic carbocycles. The molecule has 0 atom stereocenters. The minimum Gasteiger partial charge on any atom is -0.343 e. The maximum absolute atomic E-state index is 12.5. The zero-order valence-electron chi connectivity index (χ0n) is 12.7. The molecule has 21 heavy (non-hydrogen) atoms. The average molecular weight is 309 g/mol. The number of hydrogen-bond donors (Lipinski definition) is 0. The third-order valence-corrected chi connectivity index (χ3v) is 6.17. The standard InChI is InChI=1S/C16H23NO3S/c1-13(2)12-16(18)17-10-8-15(9-11-17)21(19,20)14-6-4-3-5-7-14/h3-7,13,15H,8-12H2,1-2H3. The van der Waals surface area contributed by atoms with Gasteiger partial charge in [-0.05, 0) is 30.9 Å². The number of hydrogen-bond acceptors (Lipinski definition) is 3. The van der Waals surface area contributed by atoms with Gasteiger partial charge in [-0.3, -0.25) is 4.79 Å². The lowest BCUT2D eigenvalue weighted by atomic mass is 10.1. The molecule has 116 valence electrons. The summed E-state index contributed by atoms with van der Waals surface area (Å²) in [5.74, 6) is 0.476. The van der Waals surface area contributed by atoms with Crippen LogP contribution >= 0.6 is 0 Å². The summed E-state index contributed by atoms with van der Waals surface area (Å²) in [4.78, 5) is 14.2. The lowest BCUT2D eigenvalue weighted by molar-refractivity contribution is -0.132. The van der Waals surface area contributed by atoms with Gasteiger partial charge in [-0.1, -0.05) is 32.0 Å². The van der Waals surface area contributed by atoms with Crippen molar-refractivity contribution in [2.24, 2.45) is 5.92 Å². The number of sulfone groups is 1. The Morgan fingerprint density at radius 3 is 2.29 bits per heavy atom. The van der Waals surface area contributed by atoms with E-state index in [0.29, 0.717) is 43.2 Å². The van der Waals surface area contributed by atoms with Gasteiger partial charge in [0.1, 0.15) is 0 Å². The summed E-state index contributed by atoms with van der Waals surface area (Å²) in [7, 11) is -3.27. The Labute approximate surface area is 127 Å². The van der Waals surface area contributed by atoms with Crippen LogP contribution in [0.5, 0.6) is 0 Å². The first kappa shape index (κ1) is 16.0. The van der Waals surface area contributed by atoms with Crippen LogP contribution in [0.3, 0.4) is 0 Å². The van der Waals surface area contributed by atoms with Crippen molar-refractivity contribution in [3.05, 3.63) is 30.3 Å². The molecule has 1 heterocycles. The van der Waals surface area contributed by atoms with E-state index in [1.807, 2.05) is 19.9 Å². The third-order valence-electron chi connectivity index (χ3n) is 3.89. The third kappa shape index (κ3) is 3.84. The van der Waals surface area contributed by atoms with Gasteiger partial charge in [0.05, 0.1) is 10.1 Å². The molecule has 0 spiro atoms. The Morgan fingerprint density at radius 2 is 1.76 bits per heavy atom. The molecule has 0 saturated carbocycles. The summed E-state index contributed by atoms with van der Waals surface area (Å²) in [6, 6.07) is 8.59. The molecule has 1 fully saturated rings. The molecule has 1 aromatic rings. The van der Waals surface area contributed by atoms with Gasteiger partial charge in [0.15, 0.2) is 9.84 Å². The quantitative estimate of drug-likeness (QED) is 0.858. The second kappa shape index (κ2) is 6.60. The average Bonchev–Trinajstić information content (AvgIpc) is 2.47. The highest BCUT2D eigenvalue weighted by Crippen LogP contribution is 2.25. The fourth-order valence-corrected chi connectivity index (χ4v) is 4.45. The van der Waals surface area contributed by atoms with Gasteiger partial charge in [0, 0.05) is 19.5 Å². The predicted molar refractivity (Wildman–Crippen MR) is 82.7 cm³/mol. The zero-order valence-corrected chi connectivity index (χ0v) is 13.5. The van der Waals surface area contributed by atoms with Gasteiger partial charge < -0.3 is 4.90 Å². The highest BCUT2D eigenvalue weighted by Gasteiger charge is 2.32. The summed E-state index contributed by atoms with van der Waals surface area (Å²) in [6.45, 7) is 5.12. The molecule has 1 aliphatic heterocycles. The number of carbonyl (C=O) groups is 1.